The van der Waals surface area contributed by atoms with Gasteiger partial charge < -0.3 is 19.9 Å². The van der Waals surface area contributed by atoms with Crippen LogP contribution in [0.5, 0.6) is 0 Å². The second kappa shape index (κ2) is 10.3. The molecule has 0 radical (unpaired) electrons. The van der Waals surface area contributed by atoms with Crippen molar-refractivity contribution < 1.29 is 9.53 Å². The van der Waals surface area contributed by atoms with Gasteiger partial charge in [0.15, 0.2) is 0 Å². The van der Waals surface area contributed by atoms with E-state index in [4.69, 9.17) is 4.74 Å². The SMILES string of the molecule is COCC(=O)NCC(c1ccc(N(C)C)cc1)N1CCN(c2ccccc2)CC1. The molecule has 3 rings (SSSR count). The van der Waals surface area contributed by atoms with Crippen LogP contribution in [0.4, 0.5) is 11.4 Å². The minimum Gasteiger partial charge on any atom is -0.378 e. The molecule has 156 valence electrons. The van der Waals surface area contributed by atoms with Gasteiger partial charge in [0.1, 0.15) is 6.61 Å². The van der Waals surface area contributed by atoms with Crippen LogP contribution in [0.25, 0.3) is 0 Å². The largest absolute Gasteiger partial charge is 0.378 e. The molecular weight excluding hydrogens is 364 g/mol. The zero-order chi connectivity index (χ0) is 20.6. The van der Waals surface area contributed by atoms with E-state index < -0.39 is 0 Å². The van der Waals surface area contributed by atoms with Crippen molar-refractivity contribution in [2.24, 2.45) is 0 Å². The number of hydrogen-bond acceptors (Lipinski definition) is 5. The summed E-state index contributed by atoms with van der Waals surface area (Å²) in [5.41, 5.74) is 3.67. The van der Waals surface area contributed by atoms with Crippen LogP contribution in [-0.4, -0.2) is 71.3 Å². The van der Waals surface area contributed by atoms with Crippen LogP contribution in [0.1, 0.15) is 11.6 Å². The number of anilines is 2. The van der Waals surface area contributed by atoms with E-state index in [-0.39, 0.29) is 18.6 Å². The summed E-state index contributed by atoms with van der Waals surface area (Å²) in [5, 5.41) is 3.03. The predicted octanol–water partition coefficient (Wildman–Crippen LogP) is 2.38. The fourth-order valence-electron chi connectivity index (χ4n) is 3.78. The van der Waals surface area contributed by atoms with Crippen molar-refractivity contribution in [3.63, 3.8) is 0 Å². The molecule has 0 bridgehead atoms. The van der Waals surface area contributed by atoms with E-state index in [9.17, 15) is 4.79 Å². The molecule has 0 spiro atoms. The number of ether oxygens (including phenoxy) is 1. The van der Waals surface area contributed by atoms with Crippen LogP contribution in [-0.2, 0) is 9.53 Å². The first-order chi connectivity index (χ1) is 14.1. The lowest BCUT2D eigenvalue weighted by atomic mass is 10.0. The number of rotatable bonds is 8. The summed E-state index contributed by atoms with van der Waals surface area (Å²) in [6.07, 6.45) is 0. The molecule has 6 nitrogen and oxygen atoms in total. The second-order valence-electron chi connectivity index (χ2n) is 7.60. The summed E-state index contributed by atoms with van der Waals surface area (Å²) in [7, 11) is 5.63. The van der Waals surface area contributed by atoms with Crippen LogP contribution >= 0.6 is 0 Å². The third-order valence-electron chi connectivity index (χ3n) is 5.44. The summed E-state index contributed by atoms with van der Waals surface area (Å²) in [4.78, 5) is 19.0. The third-order valence-corrected chi connectivity index (χ3v) is 5.44. The lowest BCUT2D eigenvalue weighted by molar-refractivity contribution is -0.125. The minimum absolute atomic E-state index is 0.0784. The summed E-state index contributed by atoms with van der Waals surface area (Å²) in [6, 6.07) is 19.3. The monoisotopic (exact) mass is 396 g/mol. The average Bonchev–Trinajstić information content (AvgIpc) is 2.75. The van der Waals surface area contributed by atoms with Gasteiger partial charge in [-0.05, 0) is 29.8 Å². The van der Waals surface area contributed by atoms with Crippen molar-refractivity contribution in [3.05, 3.63) is 60.2 Å². The van der Waals surface area contributed by atoms with Crippen LogP contribution in [0.15, 0.2) is 54.6 Å². The van der Waals surface area contributed by atoms with Gasteiger partial charge in [-0.1, -0.05) is 30.3 Å². The van der Waals surface area contributed by atoms with E-state index in [1.165, 1.54) is 16.9 Å². The van der Waals surface area contributed by atoms with Crippen molar-refractivity contribution in [1.29, 1.82) is 0 Å². The Morgan fingerprint density at radius 1 is 1.03 bits per heavy atom. The number of piperazine rings is 1. The van der Waals surface area contributed by atoms with E-state index >= 15 is 0 Å². The molecule has 6 heteroatoms. The second-order valence-corrected chi connectivity index (χ2v) is 7.60. The number of nitrogens with zero attached hydrogens (tertiary/aromatic N) is 3. The Hall–Kier alpha value is -2.57. The minimum atomic E-state index is -0.0784. The maximum atomic E-state index is 12.0. The van der Waals surface area contributed by atoms with Gasteiger partial charge in [-0.15, -0.1) is 0 Å². The molecule has 1 unspecified atom stereocenters. The molecule has 0 aliphatic carbocycles. The van der Waals surface area contributed by atoms with E-state index in [0.717, 1.165) is 26.2 Å². The van der Waals surface area contributed by atoms with Crippen molar-refractivity contribution in [3.8, 4) is 0 Å². The Balaban J connectivity index is 1.70. The summed E-state index contributed by atoms with van der Waals surface area (Å²) in [5.74, 6) is -0.0784. The maximum Gasteiger partial charge on any atom is 0.246 e. The lowest BCUT2D eigenvalue weighted by Gasteiger charge is -2.40. The normalized spacial score (nSPS) is 15.8. The Labute approximate surface area is 174 Å². The van der Waals surface area contributed by atoms with E-state index in [2.05, 4.69) is 74.6 Å². The fraction of sp³-hybridized carbons (Fsp3) is 0.435. The molecule has 2 aromatic carbocycles. The van der Waals surface area contributed by atoms with E-state index in [1.807, 2.05) is 14.1 Å². The Morgan fingerprint density at radius 2 is 1.69 bits per heavy atom. The van der Waals surface area contributed by atoms with Crippen LogP contribution < -0.4 is 15.1 Å². The molecule has 0 aromatic heterocycles. The molecule has 2 aromatic rings. The smallest absolute Gasteiger partial charge is 0.246 e. The van der Waals surface area contributed by atoms with Gasteiger partial charge in [0.25, 0.3) is 0 Å². The maximum absolute atomic E-state index is 12.0. The summed E-state index contributed by atoms with van der Waals surface area (Å²) >= 11 is 0. The Kier molecular flexibility index (Phi) is 7.49. The lowest BCUT2D eigenvalue weighted by Crippen LogP contribution is -2.50. The van der Waals surface area contributed by atoms with Gasteiger partial charge in [0.05, 0.1) is 6.04 Å². The number of para-hydroxylation sites is 1. The zero-order valence-corrected chi connectivity index (χ0v) is 17.7. The zero-order valence-electron chi connectivity index (χ0n) is 17.7. The molecular formula is C23H32N4O2. The van der Waals surface area contributed by atoms with Crippen molar-refractivity contribution in [2.75, 3.05) is 70.3 Å². The topological polar surface area (TPSA) is 48.1 Å². The van der Waals surface area contributed by atoms with Gasteiger partial charge in [-0.2, -0.15) is 0 Å². The highest BCUT2D eigenvalue weighted by Gasteiger charge is 2.25. The predicted molar refractivity (Wildman–Crippen MR) is 119 cm³/mol. The molecule has 1 aliphatic rings. The number of benzene rings is 2. The van der Waals surface area contributed by atoms with Crippen LogP contribution in [0, 0.1) is 0 Å². The molecule has 1 N–H and O–H groups in total. The molecule has 1 amide bonds. The summed E-state index contributed by atoms with van der Waals surface area (Å²) < 4.78 is 4.95. The van der Waals surface area contributed by atoms with Crippen molar-refractivity contribution in [2.45, 2.75) is 6.04 Å². The molecule has 1 saturated heterocycles. The Morgan fingerprint density at radius 3 is 2.28 bits per heavy atom. The molecule has 0 saturated carbocycles. The first-order valence-electron chi connectivity index (χ1n) is 10.2. The van der Waals surface area contributed by atoms with Gasteiger partial charge >= 0.3 is 0 Å². The van der Waals surface area contributed by atoms with Gasteiger partial charge in [0, 0.05) is 65.3 Å². The number of amides is 1. The first-order valence-corrected chi connectivity index (χ1v) is 10.2. The van der Waals surface area contributed by atoms with E-state index in [0.29, 0.717) is 6.54 Å². The molecule has 29 heavy (non-hydrogen) atoms. The highest BCUT2D eigenvalue weighted by atomic mass is 16.5. The molecule has 1 aliphatic heterocycles. The quantitative estimate of drug-likeness (QED) is 0.742. The molecule has 1 heterocycles. The average molecular weight is 397 g/mol. The third kappa shape index (κ3) is 5.71. The summed E-state index contributed by atoms with van der Waals surface area (Å²) in [6.45, 7) is 4.53. The van der Waals surface area contributed by atoms with Gasteiger partial charge in [-0.3, -0.25) is 9.69 Å². The van der Waals surface area contributed by atoms with Gasteiger partial charge in [0.2, 0.25) is 5.91 Å². The van der Waals surface area contributed by atoms with E-state index in [1.54, 1.807) is 7.11 Å². The molecule has 1 fully saturated rings. The first kappa shape index (κ1) is 21.1. The highest BCUT2D eigenvalue weighted by molar-refractivity contribution is 5.77. The van der Waals surface area contributed by atoms with Crippen LogP contribution in [0.3, 0.4) is 0 Å². The van der Waals surface area contributed by atoms with Crippen molar-refractivity contribution in [1.82, 2.24) is 10.2 Å². The number of nitrogens with one attached hydrogen (secondary N) is 1. The number of carbonyl (C=O) groups excluding carboxylic acids is 1. The Bertz CT molecular complexity index is 756. The van der Waals surface area contributed by atoms with Crippen molar-refractivity contribution >= 4 is 17.3 Å². The number of methoxy groups -OCH3 is 1. The molecule has 1 atom stereocenters. The standard InChI is InChI=1S/C23H32N4O2/c1-25(2)20-11-9-19(10-12-20)22(17-24-23(28)18-29-3)27-15-13-26(14-16-27)21-7-5-4-6-8-21/h4-12,22H,13-18H2,1-3H3,(H,24,28). The van der Waals surface area contributed by atoms with Gasteiger partial charge in [-0.25, -0.2) is 0 Å². The van der Waals surface area contributed by atoms with Crippen LogP contribution in [0.2, 0.25) is 0 Å². The number of hydrogen-bond donors (Lipinski definition) is 1. The highest BCUT2D eigenvalue weighted by Crippen LogP contribution is 2.25. The fourth-order valence-corrected chi connectivity index (χ4v) is 3.78. The number of carbonyl (C=O) groups is 1.